The van der Waals surface area contributed by atoms with E-state index in [1.165, 1.54) is 54.9 Å². The zero-order valence-electron chi connectivity index (χ0n) is 66.9. The van der Waals surface area contributed by atoms with E-state index in [1.54, 1.807) is 119 Å². The Balaban J connectivity index is 0.000000158. The number of halogens is 3. The monoisotopic (exact) mass is 1680 g/mol. The van der Waals surface area contributed by atoms with Gasteiger partial charge in [0.05, 0.1) is 104 Å². The molecule has 0 fully saturated rings. The van der Waals surface area contributed by atoms with Crippen molar-refractivity contribution in [2.75, 3.05) is 27.1 Å². The van der Waals surface area contributed by atoms with E-state index < -0.39 is 29.7 Å². The summed E-state index contributed by atoms with van der Waals surface area (Å²) in [4.78, 5) is 139. The van der Waals surface area contributed by atoms with Crippen LogP contribution in [-0.4, -0.2) is 105 Å². The number of carbonyl (C=O) groups excluding carboxylic acids is 5. The lowest BCUT2D eigenvalue weighted by Gasteiger charge is -2.22. The number of imidazole rings is 3. The number of fused-ring (bicyclic) bond motifs is 3. The number of methoxy groups -OCH3 is 3. The number of rotatable bonds is 28. The van der Waals surface area contributed by atoms with Crippen LogP contribution >= 0.6 is 34.8 Å². The van der Waals surface area contributed by atoms with Gasteiger partial charge in [-0.25, -0.2) is 19.7 Å². The number of nitrogen functional groups attached to an aromatic ring is 1. The van der Waals surface area contributed by atoms with Crippen LogP contribution in [0.25, 0.3) is 66.5 Å². The van der Waals surface area contributed by atoms with E-state index >= 15 is 0 Å². The number of nitrogens with two attached hydrogens (primary N) is 1. The summed E-state index contributed by atoms with van der Waals surface area (Å²) >= 11 is 18.7. The zero-order valence-corrected chi connectivity index (χ0v) is 69.1. The highest BCUT2D eigenvalue weighted by molar-refractivity contribution is 6.32. The maximum atomic E-state index is 13.8. The summed E-state index contributed by atoms with van der Waals surface area (Å²) in [6.45, 7) is 5.30. The number of Topliss-reactive ketones (excluding diaryl/α,β-unsaturated/α-hetero) is 5. The number of ketones is 5. The first-order valence-corrected chi connectivity index (χ1v) is 39.9. The summed E-state index contributed by atoms with van der Waals surface area (Å²) in [5.74, 6) is -0.655. The molecule has 0 aliphatic carbocycles. The summed E-state index contributed by atoms with van der Waals surface area (Å²) in [7, 11) is 4.41. The number of carboxylic acids is 1. The fourth-order valence-corrected chi connectivity index (χ4v) is 14.8. The van der Waals surface area contributed by atoms with E-state index in [9.17, 15) is 48.3 Å². The molecule has 6 N–H and O–H groups in total. The van der Waals surface area contributed by atoms with Gasteiger partial charge in [0.15, 0.2) is 28.9 Å². The molecule has 0 spiro atoms. The highest BCUT2D eigenvalue weighted by Gasteiger charge is 2.30. The van der Waals surface area contributed by atoms with Crippen molar-refractivity contribution in [2.24, 2.45) is 0 Å². The number of carboxylic acid groups (broad SMARTS) is 1. The molecule has 6 heterocycles. The van der Waals surface area contributed by atoms with Gasteiger partial charge in [-0.3, -0.25) is 42.9 Å². The molecule has 121 heavy (non-hydrogen) atoms. The van der Waals surface area contributed by atoms with Gasteiger partial charge in [-0.2, -0.15) is 0 Å². The molecular formula is C95H85Cl3N10O13. The lowest BCUT2D eigenvalue weighted by atomic mass is 9.95. The Labute approximate surface area is 710 Å². The van der Waals surface area contributed by atoms with Crippen LogP contribution in [0.2, 0.25) is 15.1 Å². The standard InChI is InChI=1S/2C32H28ClN3O4.C24H22ClNO5.C7H7N3/c2*1-3-29(37)23-11-10-22(33)16-24(23)25-17-32(39)36(18-31(25)40-2)28(14-20-7-5-4-6-8-20)30(38)15-21-9-12-26-27(13-21)35-19-34-26;1-3-21(27)17-10-9-16(25)12-18(17)19-13-23(28)26(14-22(19)31-2)20(24(29)30)11-15-7-5-4-6-8-15;8-5-1-2-6-7(3-5)10-4-9-6/h2*4-13,16-19,28H,3,14-15H2,1-2H3,(H,34,35);4-10,12-14,20H,3,11H2,1-2H3,(H,29,30);1-4H,8H2,(H,9,10). The summed E-state index contributed by atoms with van der Waals surface area (Å²) in [6, 6.07) is 61.3. The second-order valence-electron chi connectivity index (χ2n) is 28.3. The Morgan fingerprint density at radius 2 is 0.686 bits per heavy atom. The largest absolute Gasteiger partial charge is 0.495 e. The van der Waals surface area contributed by atoms with Crippen molar-refractivity contribution in [2.45, 2.75) is 90.3 Å². The molecular weight excluding hydrogens is 1600 g/mol. The molecule has 0 saturated heterocycles. The third-order valence-electron chi connectivity index (χ3n) is 20.5. The van der Waals surface area contributed by atoms with Gasteiger partial charge in [0.25, 0.3) is 16.7 Å². The number of aliphatic carboxylic acids is 1. The molecule has 0 amide bonds. The van der Waals surface area contributed by atoms with E-state index in [1.807, 2.05) is 133 Å². The Morgan fingerprint density at radius 3 is 1.00 bits per heavy atom. The van der Waals surface area contributed by atoms with E-state index in [0.29, 0.717) is 102 Å². The van der Waals surface area contributed by atoms with Gasteiger partial charge >= 0.3 is 5.97 Å². The average Bonchev–Trinajstić information content (AvgIpc) is 1.75. The fourth-order valence-electron chi connectivity index (χ4n) is 14.3. The number of ether oxygens (including phenoxy) is 3. The second kappa shape index (κ2) is 40.1. The molecule has 0 bridgehead atoms. The number of carbonyl (C=O) groups is 6. The first kappa shape index (κ1) is 86.5. The maximum Gasteiger partial charge on any atom is 0.327 e. The Bertz CT molecular complexity index is 6240. The van der Waals surface area contributed by atoms with Crippen molar-refractivity contribution < 1.29 is 48.1 Å². The molecule has 3 unspecified atom stereocenters. The number of hydrogen-bond donors (Lipinski definition) is 5. The van der Waals surface area contributed by atoms with Crippen LogP contribution in [0.4, 0.5) is 5.69 Å². The average molecular weight is 1680 g/mol. The summed E-state index contributed by atoms with van der Waals surface area (Å²) in [5.41, 5.74) is 18.6. The molecule has 614 valence electrons. The number of anilines is 1. The van der Waals surface area contributed by atoms with Crippen molar-refractivity contribution in [1.29, 1.82) is 0 Å². The molecule has 0 saturated carbocycles. The maximum absolute atomic E-state index is 13.8. The molecule has 6 aromatic heterocycles. The van der Waals surface area contributed by atoms with Crippen LogP contribution in [0.1, 0.15) is 117 Å². The highest BCUT2D eigenvalue weighted by atomic mass is 35.5. The quantitative estimate of drug-likeness (QED) is 0.0225. The highest BCUT2D eigenvalue weighted by Crippen LogP contribution is 2.39. The van der Waals surface area contributed by atoms with Crippen molar-refractivity contribution >= 4 is 108 Å². The van der Waals surface area contributed by atoms with Gasteiger partial charge in [0.2, 0.25) is 0 Å². The first-order valence-electron chi connectivity index (χ1n) is 38.8. The summed E-state index contributed by atoms with van der Waals surface area (Å²) < 4.78 is 20.9. The number of aromatic amines is 3. The van der Waals surface area contributed by atoms with Crippen molar-refractivity contribution in [1.82, 2.24) is 43.6 Å². The molecule has 0 aliphatic heterocycles. The molecule has 3 atom stereocenters. The van der Waals surface area contributed by atoms with Crippen molar-refractivity contribution in [3.63, 3.8) is 0 Å². The van der Waals surface area contributed by atoms with Crippen molar-refractivity contribution in [3.8, 4) is 50.6 Å². The van der Waals surface area contributed by atoms with Gasteiger partial charge in [0, 0.05) is 124 Å². The van der Waals surface area contributed by atoms with Crippen LogP contribution in [0, 0.1) is 0 Å². The van der Waals surface area contributed by atoms with Crippen LogP contribution in [0.3, 0.4) is 0 Å². The minimum atomic E-state index is -1.13. The van der Waals surface area contributed by atoms with Crippen molar-refractivity contribution in [3.05, 3.63) is 347 Å². The third-order valence-corrected chi connectivity index (χ3v) is 21.2. The van der Waals surface area contributed by atoms with E-state index in [2.05, 4.69) is 29.9 Å². The number of nitrogens with one attached hydrogen (secondary N) is 3. The number of H-pyrrole nitrogens is 3. The van der Waals surface area contributed by atoms with Crippen LogP contribution in [0.5, 0.6) is 17.2 Å². The van der Waals surface area contributed by atoms with Gasteiger partial charge in [0.1, 0.15) is 23.3 Å². The van der Waals surface area contributed by atoms with Crippen LogP contribution in [-0.2, 0) is 46.5 Å². The normalized spacial score (nSPS) is 11.7. The minimum Gasteiger partial charge on any atom is -0.495 e. The third kappa shape index (κ3) is 21.0. The second-order valence-corrected chi connectivity index (χ2v) is 29.6. The van der Waals surface area contributed by atoms with Crippen LogP contribution in [0.15, 0.2) is 270 Å². The van der Waals surface area contributed by atoms with Gasteiger partial charge in [-0.15, -0.1) is 0 Å². The molecule has 15 aromatic rings. The molecule has 15 rings (SSSR count). The molecule has 0 radical (unpaired) electrons. The lowest BCUT2D eigenvalue weighted by Crippen LogP contribution is -2.32. The topological polar surface area (TPSA) is 328 Å². The number of benzene rings is 9. The molecule has 23 nitrogen and oxygen atoms in total. The number of hydrogen-bond acceptors (Lipinski definition) is 16. The predicted octanol–water partition coefficient (Wildman–Crippen LogP) is 18.3. The number of nitrogens with zero attached hydrogens (tertiary/aromatic N) is 6. The Morgan fingerprint density at radius 1 is 0.380 bits per heavy atom. The van der Waals surface area contributed by atoms with E-state index in [-0.39, 0.29) is 71.5 Å². The molecule has 26 heteroatoms. The lowest BCUT2D eigenvalue weighted by molar-refractivity contribution is -0.141. The Hall–Kier alpha value is -13.9. The van der Waals surface area contributed by atoms with E-state index in [0.717, 1.165) is 71.2 Å². The predicted molar refractivity (Wildman–Crippen MR) is 472 cm³/mol. The molecule has 0 aliphatic rings. The number of pyridine rings is 3. The summed E-state index contributed by atoms with van der Waals surface area (Å²) in [6.07, 6.45) is 11.3. The fraction of sp³-hybridized carbons (Fsp3) is 0.179. The zero-order chi connectivity index (χ0) is 86.0. The van der Waals surface area contributed by atoms with Gasteiger partial charge in [-0.1, -0.05) is 159 Å². The smallest absolute Gasteiger partial charge is 0.327 e. The number of aromatic nitrogens is 9. The Kier molecular flexibility index (Phi) is 28.6. The SMILES string of the molecule is CCC(=O)c1ccc(Cl)cc1-c1cc(=O)n(C(Cc2ccccc2)C(=O)Cc2ccc3nc[nH]c3c2)cc1OC.CCC(=O)c1ccc(Cl)cc1-c1cc(=O)n(C(Cc2ccccc2)C(=O)Cc2ccc3nc[nH]c3c2)cc1OC.CCC(=O)c1ccc(Cl)cc1-c1cc(=O)n(C(Cc2ccccc2)C(=O)O)cc1OC.Nc1ccc2nc[nH]c2c1. The minimum absolute atomic E-state index is 0.0794. The molecule has 9 aromatic carbocycles. The van der Waals surface area contributed by atoms with Crippen LogP contribution < -0.4 is 36.6 Å². The van der Waals surface area contributed by atoms with Gasteiger partial charge < -0.3 is 49.1 Å². The summed E-state index contributed by atoms with van der Waals surface area (Å²) in [5, 5.41) is 11.1. The first-order chi connectivity index (χ1) is 58.5. The van der Waals surface area contributed by atoms with E-state index in [4.69, 9.17) is 54.7 Å². The van der Waals surface area contributed by atoms with Gasteiger partial charge in [-0.05, 0) is 142 Å².